The topological polar surface area (TPSA) is 99.2 Å². The molecule has 0 aromatic heterocycles. The first-order valence-corrected chi connectivity index (χ1v) is 14.3. The summed E-state index contributed by atoms with van der Waals surface area (Å²) in [6.45, 7) is 3.55. The minimum Gasteiger partial charge on any atom is -0.480 e. The van der Waals surface area contributed by atoms with Gasteiger partial charge >= 0.3 is 12.1 Å². The van der Waals surface area contributed by atoms with E-state index in [0.29, 0.717) is 38.9 Å². The predicted molar refractivity (Wildman–Crippen MR) is 154 cm³/mol. The molecule has 41 heavy (non-hydrogen) atoms. The minimum absolute atomic E-state index is 0.105. The van der Waals surface area contributed by atoms with Crippen molar-refractivity contribution < 1.29 is 24.2 Å². The van der Waals surface area contributed by atoms with Crippen LogP contribution in [0.2, 0.25) is 0 Å². The Hall–Kier alpha value is -4.17. The second-order valence-corrected chi connectivity index (χ2v) is 11.6. The van der Waals surface area contributed by atoms with Gasteiger partial charge in [-0.05, 0) is 54.0 Å². The maximum atomic E-state index is 14.2. The number of carbonyl (C=O) groups is 3. The number of ether oxygens (including phenoxy) is 1. The number of nitrogens with one attached hydrogen (secondary N) is 1. The van der Waals surface area contributed by atoms with Crippen molar-refractivity contribution in [3.8, 4) is 11.1 Å². The summed E-state index contributed by atoms with van der Waals surface area (Å²) in [5.41, 5.74) is 3.01. The van der Waals surface area contributed by atoms with Gasteiger partial charge in [0.05, 0.1) is 0 Å². The number of rotatable bonds is 7. The van der Waals surface area contributed by atoms with Gasteiger partial charge in [0, 0.05) is 32.1 Å². The van der Waals surface area contributed by atoms with Crippen molar-refractivity contribution >= 4 is 18.0 Å². The van der Waals surface area contributed by atoms with E-state index in [1.165, 1.54) is 4.90 Å². The Kier molecular flexibility index (Phi) is 7.03. The van der Waals surface area contributed by atoms with Crippen LogP contribution in [0.3, 0.4) is 0 Å². The standard InChI is InChI=1S/C33H35N3O5/c1-32(30(38)39)16-9-18-36(32)29(37)33(17-19-35(22-33)20-23-10-3-2-4-11-23)34-31(40)41-21-28-26-14-7-5-12-24(26)25-13-6-8-15-27(25)28/h2-8,10-15,28H,9,16-22H2,1H3,(H,34,40)(H,38,39)/t32-,33?/m1/s1. The number of hydrogen-bond donors (Lipinski definition) is 2. The fourth-order valence-electron chi connectivity index (χ4n) is 6.79. The van der Waals surface area contributed by atoms with Gasteiger partial charge in [0.25, 0.3) is 5.91 Å². The molecule has 0 radical (unpaired) electrons. The van der Waals surface area contributed by atoms with E-state index >= 15 is 0 Å². The summed E-state index contributed by atoms with van der Waals surface area (Å²) in [5, 5.41) is 12.9. The smallest absolute Gasteiger partial charge is 0.408 e. The summed E-state index contributed by atoms with van der Waals surface area (Å²) in [7, 11) is 0. The molecule has 0 bridgehead atoms. The van der Waals surface area contributed by atoms with Gasteiger partial charge in [-0.3, -0.25) is 9.69 Å². The molecule has 2 saturated heterocycles. The number of hydrogen-bond acceptors (Lipinski definition) is 5. The van der Waals surface area contributed by atoms with E-state index in [1.807, 2.05) is 54.6 Å². The Morgan fingerprint density at radius 1 is 0.902 bits per heavy atom. The number of benzene rings is 3. The van der Waals surface area contributed by atoms with Crippen LogP contribution in [0.25, 0.3) is 11.1 Å². The molecule has 6 rings (SSSR count). The largest absolute Gasteiger partial charge is 0.480 e. The van der Waals surface area contributed by atoms with Crippen molar-refractivity contribution in [1.82, 2.24) is 15.1 Å². The number of likely N-dealkylation sites (tertiary alicyclic amines) is 2. The minimum atomic E-state index is -1.31. The second-order valence-electron chi connectivity index (χ2n) is 11.6. The van der Waals surface area contributed by atoms with Gasteiger partial charge in [0.1, 0.15) is 17.7 Å². The van der Waals surface area contributed by atoms with E-state index in [2.05, 4.69) is 34.5 Å². The quantitative estimate of drug-likeness (QED) is 0.443. The van der Waals surface area contributed by atoms with Gasteiger partial charge in [0.2, 0.25) is 0 Å². The third-order valence-corrected chi connectivity index (χ3v) is 9.04. The van der Waals surface area contributed by atoms with Crippen molar-refractivity contribution in [2.75, 3.05) is 26.2 Å². The van der Waals surface area contributed by atoms with Crippen molar-refractivity contribution in [3.63, 3.8) is 0 Å². The third-order valence-electron chi connectivity index (χ3n) is 9.04. The zero-order valence-corrected chi connectivity index (χ0v) is 23.2. The Labute approximate surface area is 239 Å². The average molecular weight is 554 g/mol. The summed E-state index contributed by atoms with van der Waals surface area (Å²) < 4.78 is 5.84. The summed E-state index contributed by atoms with van der Waals surface area (Å²) in [6.07, 6.45) is 0.680. The van der Waals surface area contributed by atoms with Gasteiger partial charge in [0.15, 0.2) is 0 Å². The summed E-state index contributed by atoms with van der Waals surface area (Å²) >= 11 is 0. The first kappa shape index (κ1) is 27.0. The average Bonchev–Trinajstić information content (AvgIpc) is 3.67. The molecule has 212 valence electrons. The van der Waals surface area contributed by atoms with Crippen LogP contribution >= 0.6 is 0 Å². The highest BCUT2D eigenvalue weighted by Crippen LogP contribution is 2.44. The molecular weight excluding hydrogens is 518 g/mol. The predicted octanol–water partition coefficient (Wildman–Crippen LogP) is 4.64. The van der Waals surface area contributed by atoms with Crippen LogP contribution in [0.15, 0.2) is 78.9 Å². The van der Waals surface area contributed by atoms with E-state index < -0.39 is 23.1 Å². The van der Waals surface area contributed by atoms with Crippen LogP contribution in [0.1, 0.15) is 48.8 Å². The van der Waals surface area contributed by atoms with Crippen molar-refractivity contribution in [2.45, 2.75) is 49.7 Å². The third kappa shape index (κ3) is 4.86. The Morgan fingerprint density at radius 3 is 2.20 bits per heavy atom. The van der Waals surface area contributed by atoms with E-state index in [-0.39, 0.29) is 25.0 Å². The van der Waals surface area contributed by atoms with Crippen LogP contribution in [0, 0.1) is 0 Å². The first-order chi connectivity index (χ1) is 19.8. The molecule has 0 spiro atoms. The number of carboxylic acids is 1. The molecule has 2 atom stereocenters. The number of carbonyl (C=O) groups excluding carboxylic acids is 2. The van der Waals surface area contributed by atoms with Gasteiger partial charge in [-0.1, -0.05) is 78.9 Å². The first-order valence-electron chi connectivity index (χ1n) is 14.3. The highest BCUT2D eigenvalue weighted by Gasteiger charge is 2.55. The van der Waals surface area contributed by atoms with Gasteiger partial charge in [-0.2, -0.15) is 0 Å². The van der Waals surface area contributed by atoms with Crippen molar-refractivity contribution in [2.24, 2.45) is 0 Å². The lowest BCUT2D eigenvalue weighted by molar-refractivity contribution is -0.157. The highest BCUT2D eigenvalue weighted by atomic mass is 16.5. The number of alkyl carbamates (subject to hydrolysis) is 1. The molecule has 3 aromatic carbocycles. The van der Waals surface area contributed by atoms with Gasteiger partial charge in [-0.15, -0.1) is 0 Å². The lowest BCUT2D eigenvalue weighted by atomic mass is 9.92. The van der Waals surface area contributed by atoms with Crippen LogP contribution in [0.4, 0.5) is 4.79 Å². The monoisotopic (exact) mass is 553 g/mol. The lowest BCUT2D eigenvalue weighted by Gasteiger charge is -2.39. The fourth-order valence-corrected chi connectivity index (χ4v) is 6.79. The molecule has 1 aliphatic carbocycles. The van der Waals surface area contributed by atoms with Gasteiger partial charge in [-0.25, -0.2) is 9.59 Å². The summed E-state index contributed by atoms with van der Waals surface area (Å²) in [6, 6.07) is 26.2. The van der Waals surface area contributed by atoms with Crippen molar-refractivity contribution in [3.05, 3.63) is 95.6 Å². The van der Waals surface area contributed by atoms with Gasteiger partial charge < -0.3 is 20.1 Å². The van der Waals surface area contributed by atoms with E-state index in [9.17, 15) is 19.5 Å². The van der Waals surface area contributed by atoms with Crippen LogP contribution < -0.4 is 5.32 Å². The van der Waals surface area contributed by atoms with Crippen LogP contribution in [-0.2, 0) is 20.9 Å². The molecule has 0 saturated carbocycles. The van der Waals surface area contributed by atoms with E-state index in [0.717, 1.165) is 27.8 Å². The van der Waals surface area contributed by atoms with E-state index in [1.54, 1.807) is 6.92 Å². The zero-order valence-electron chi connectivity index (χ0n) is 23.2. The number of fused-ring (bicyclic) bond motifs is 3. The summed E-state index contributed by atoms with van der Waals surface area (Å²) in [5.74, 6) is -1.49. The molecule has 8 nitrogen and oxygen atoms in total. The molecule has 1 unspecified atom stereocenters. The number of carboxylic acid groups (broad SMARTS) is 1. The number of amides is 2. The normalized spacial score (nSPS) is 23.7. The maximum Gasteiger partial charge on any atom is 0.408 e. The molecule has 2 fully saturated rings. The summed E-state index contributed by atoms with van der Waals surface area (Å²) in [4.78, 5) is 43.4. The van der Waals surface area contributed by atoms with Crippen LogP contribution in [-0.4, -0.2) is 70.2 Å². The number of nitrogens with zero attached hydrogens (tertiary/aromatic N) is 2. The molecule has 3 aliphatic rings. The van der Waals surface area contributed by atoms with E-state index in [4.69, 9.17) is 4.74 Å². The molecule has 2 N–H and O–H groups in total. The van der Waals surface area contributed by atoms with Crippen LogP contribution in [0.5, 0.6) is 0 Å². The second kappa shape index (κ2) is 10.7. The Bertz CT molecular complexity index is 1430. The highest BCUT2D eigenvalue weighted by molar-refractivity contribution is 5.95. The molecule has 2 aliphatic heterocycles. The fraction of sp³-hybridized carbons (Fsp3) is 0.364. The maximum absolute atomic E-state index is 14.2. The molecule has 2 heterocycles. The molecular formula is C33H35N3O5. The Morgan fingerprint density at radius 2 is 1.54 bits per heavy atom. The SMILES string of the molecule is C[C@]1(C(=O)O)CCCN1C(=O)C1(NC(=O)OCC2c3ccccc3-c3ccccc32)CCN(Cc2ccccc2)C1. The zero-order chi connectivity index (χ0) is 28.6. The number of aliphatic carboxylic acids is 1. The molecule has 3 aromatic rings. The molecule has 2 amide bonds. The molecule has 8 heteroatoms. The Balaban J connectivity index is 1.22. The lowest BCUT2D eigenvalue weighted by Crippen LogP contribution is -2.65. The van der Waals surface area contributed by atoms with Crippen molar-refractivity contribution in [1.29, 1.82) is 0 Å².